The van der Waals surface area contributed by atoms with Gasteiger partial charge in [0.1, 0.15) is 12.2 Å². The van der Waals surface area contributed by atoms with Gasteiger partial charge >= 0.3 is 0 Å². The Morgan fingerprint density at radius 2 is 1.57 bits per heavy atom. The largest absolute Gasteiger partial charge is 0.410 e. The van der Waals surface area contributed by atoms with E-state index in [2.05, 4.69) is 41.5 Å². The highest BCUT2D eigenvalue weighted by Crippen LogP contribution is 2.45. The van der Waals surface area contributed by atoms with Gasteiger partial charge in [0, 0.05) is 6.61 Å². The van der Waals surface area contributed by atoms with Gasteiger partial charge in [0.15, 0.2) is 5.79 Å². The smallest absolute Gasteiger partial charge is 0.200 e. The quantitative estimate of drug-likeness (QED) is 0.689. The Balaban J connectivity index is 2.24. The molecule has 0 N–H and O–H groups in total. The number of hydrogen-bond acceptors (Lipinski definition) is 4. The summed E-state index contributed by atoms with van der Waals surface area (Å²) in [7, 11) is -1.91. The number of hydrogen-bond donors (Lipinski definition) is 0. The normalized spacial score (nSPS) is 31.7. The lowest BCUT2D eigenvalue weighted by molar-refractivity contribution is -0.334. The Labute approximate surface area is 143 Å². The van der Waals surface area contributed by atoms with E-state index in [0.29, 0.717) is 23.2 Å². The fourth-order valence-corrected chi connectivity index (χ4v) is 10.2. The van der Waals surface area contributed by atoms with Gasteiger partial charge in [-0.25, -0.2) is 0 Å². The van der Waals surface area contributed by atoms with Gasteiger partial charge in [0.2, 0.25) is 8.32 Å². The average molecular weight is 345 g/mol. The highest BCUT2D eigenvalue weighted by molar-refractivity contribution is 6.77. The summed E-state index contributed by atoms with van der Waals surface area (Å²) in [4.78, 5) is 0. The van der Waals surface area contributed by atoms with Crippen molar-refractivity contribution < 1.29 is 18.6 Å². The van der Waals surface area contributed by atoms with Gasteiger partial charge in [0.25, 0.3) is 0 Å². The first-order chi connectivity index (χ1) is 10.6. The lowest BCUT2D eigenvalue weighted by Crippen LogP contribution is -2.61. The molecule has 0 aromatic heterocycles. The van der Waals surface area contributed by atoms with Crippen LogP contribution in [-0.4, -0.2) is 45.6 Å². The zero-order valence-electron chi connectivity index (χ0n) is 16.2. The summed E-state index contributed by atoms with van der Waals surface area (Å²) in [6.07, 6.45) is 1.02. The van der Waals surface area contributed by atoms with Crippen molar-refractivity contribution in [2.45, 2.75) is 103 Å². The molecule has 1 unspecified atom stereocenters. The molecule has 2 aliphatic heterocycles. The zero-order valence-corrected chi connectivity index (χ0v) is 17.2. The van der Waals surface area contributed by atoms with Crippen molar-refractivity contribution in [3.63, 3.8) is 0 Å². The van der Waals surface area contributed by atoms with Crippen molar-refractivity contribution in [3.8, 4) is 0 Å². The molecule has 2 fully saturated rings. The third-order valence-corrected chi connectivity index (χ3v) is 11.7. The second-order valence-corrected chi connectivity index (χ2v) is 13.9. The SMILES string of the molecule is CC(C)[Si](O[C@@H]1CCOC2COC(C)(C)O[C@H]21)(C(C)C)C(C)C. The maximum atomic E-state index is 7.00. The molecule has 5 heteroatoms. The molecular weight excluding hydrogens is 308 g/mol. The summed E-state index contributed by atoms with van der Waals surface area (Å²) in [6, 6.07) is 0. The van der Waals surface area contributed by atoms with E-state index in [9.17, 15) is 0 Å². The summed E-state index contributed by atoms with van der Waals surface area (Å²) in [5.41, 5.74) is 1.74. The van der Waals surface area contributed by atoms with E-state index in [1.165, 1.54) is 0 Å². The van der Waals surface area contributed by atoms with Crippen LogP contribution in [0.15, 0.2) is 0 Å². The number of rotatable bonds is 5. The predicted octanol–water partition coefficient (Wildman–Crippen LogP) is 4.49. The van der Waals surface area contributed by atoms with E-state index in [-0.39, 0.29) is 18.3 Å². The molecule has 0 spiro atoms. The second-order valence-electron chi connectivity index (χ2n) is 8.47. The Hall–Kier alpha value is 0.0569. The first kappa shape index (κ1) is 19.4. The zero-order chi connectivity index (χ0) is 17.4. The summed E-state index contributed by atoms with van der Waals surface area (Å²) in [5.74, 6) is -0.554. The monoisotopic (exact) mass is 344 g/mol. The van der Waals surface area contributed by atoms with Crippen LogP contribution in [0.25, 0.3) is 0 Å². The van der Waals surface area contributed by atoms with E-state index in [1.54, 1.807) is 0 Å². The second kappa shape index (κ2) is 7.12. The minimum atomic E-state index is -1.91. The topological polar surface area (TPSA) is 36.9 Å². The highest BCUT2D eigenvalue weighted by Gasteiger charge is 2.51. The Morgan fingerprint density at radius 1 is 1.00 bits per heavy atom. The minimum Gasteiger partial charge on any atom is -0.410 e. The molecule has 0 saturated carbocycles. The molecule has 0 bridgehead atoms. The van der Waals surface area contributed by atoms with Crippen LogP contribution in [0.3, 0.4) is 0 Å². The maximum absolute atomic E-state index is 7.00. The fraction of sp³-hybridized carbons (Fsp3) is 1.00. The van der Waals surface area contributed by atoms with Crippen molar-refractivity contribution in [2.24, 2.45) is 0 Å². The van der Waals surface area contributed by atoms with Crippen molar-refractivity contribution in [1.82, 2.24) is 0 Å². The van der Waals surface area contributed by atoms with Crippen molar-refractivity contribution >= 4 is 8.32 Å². The van der Waals surface area contributed by atoms with Crippen LogP contribution < -0.4 is 0 Å². The van der Waals surface area contributed by atoms with Gasteiger partial charge in [-0.15, -0.1) is 0 Å². The highest BCUT2D eigenvalue weighted by atomic mass is 28.4. The molecular formula is C18H36O4Si. The third-order valence-electron chi connectivity index (χ3n) is 5.54. The van der Waals surface area contributed by atoms with Crippen molar-refractivity contribution in [1.29, 1.82) is 0 Å². The molecule has 0 radical (unpaired) electrons. The van der Waals surface area contributed by atoms with Gasteiger partial charge in [-0.3, -0.25) is 0 Å². The average Bonchev–Trinajstić information content (AvgIpc) is 2.42. The summed E-state index contributed by atoms with van der Waals surface area (Å²) < 4.78 is 24.9. The molecule has 0 aliphatic carbocycles. The Bertz CT molecular complexity index is 373. The maximum Gasteiger partial charge on any atom is 0.200 e. The van der Waals surface area contributed by atoms with E-state index in [0.717, 1.165) is 13.0 Å². The van der Waals surface area contributed by atoms with Crippen LogP contribution in [-0.2, 0) is 18.6 Å². The van der Waals surface area contributed by atoms with E-state index in [1.807, 2.05) is 13.8 Å². The molecule has 0 aromatic rings. The van der Waals surface area contributed by atoms with Crippen molar-refractivity contribution in [3.05, 3.63) is 0 Å². The molecule has 2 heterocycles. The molecule has 0 aromatic carbocycles. The van der Waals surface area contributed by atoms with Crippen LogP contribution in [0, 0.1) is 0 Å². The Morgan fingerprint density at radius 3 is 2.09 bits per heavy atom. The number of ether oxygens (including phenoxy) is 3. The van der Waals surface area contributed by atoms with Gasteiger partial charge < -0.3 is 18.6 Å². The first-order valence-corrected chi connectivity index (χ1v) is 11.4. The summed E-state index contributed by atoms with van der Waals surface area (Å²) in [6.45, 7) is 19.3. The van der Waals surface area contributed by atoms with Crippen LogP contribution in [0.4, 0.5) is 0 Å². The van der Waals surface area contributed by atoms with E-state index in [4.69, 9.17) is 18.6 Å². The van der Waals surface area contributed by atoms with Crippen LogP contribution in [0.2, 0.25) is 16.6 Å². The predicted molar refractivity (Wildman–Crippen MR) is 95.2 cm³/mol. The summed E-state index contributed by atoms with van der Waals surface area (Å²) in [5, 5.41) is 0. The first-order valence-electron chi connectivity index (χ1n) is 9.21. The van der Waals surface area contributed by atoms with Gasteiger partial charge in [-0.1, -0.05) is 41.5 Å². The summed E-state index contributed by atoms with van der Waals surface area (Å²) >= 11 is 0. The van der Waals surface area contributed by atoms with E-state index >= 15 is 0 Å². The standard InChI is InChI=1S/C18H36O4Si/c1-12(2)23(13(3)4,14(5)6)22-15-9-10-19-16-11-20-18(7,8)21-17(15)16/h12-17H,9-11H2,1-8H3/t15-,16?,17+/m1/s1. The molecule has 23 heavy (non-hydrogen) atoms. The fourth-order valence-electron chi connectivity index (χ4n) is 4.57. The number of fused-ring (bicyclic) bond motifs is 1. The van der Waals surface area contributed by atoms with Crippen molar-refractivity contribution in [2.75, 3.05) is 13.2 Å². The molecule has 4 nitrogen and oxygen atoms in total. The molecule has 0 amide bonds. The lowest BCUT2D eigenvalue weighted by atomic mass is 10.0. The molecule has 136 valence electrons. The molecule has 2 aliphatic rings. The van der Waals surface area contributed by atoms with Crippen LogP contribution >= 0.6 is 0 Å². The molecule has 2 rings (SSSR count). The third kappa shape index (κ3) is 3.84. The lowest BCUT2D eigenvalue weighted by Gasteiger charge is -2.51. The van der Waals surface area contributed by atoms with Gasteiger partial charge in [-0.05, 0) is 36.9 Å². The Kier molecular flexibility index (Phi) is 6.00. The van der Waals surface area contributed by atoms with Gasteiger partial charge in [0.05, 0.1) is 12.7 Å². The van der Waals surface area contributed by atoms with Gasteiger partial charge in [-0.2, -0.15) is 0 Å². The minimum absolute atomic E-state index is 0.0000354. The van der Waals surface area contributed by atoms with Crippen LogP contribution in [0.1, 0.15) is 61.8 Å². The van der Waals surface area contributed by atoms with E-state index < -0.39 is 14.1 Å². The van der Waals surface area contributed by atoms with Crippen LogP contribution in [0.5, 0.6) is 0 Å². The molecule has 3 atom stereocenters. The molecule has 2 saturated heterocycles.